The quantitative estimate of drug-likeness (QED) is 0.790. The smallest absolute Gasteiger partial charge is 0.103 e. The van der Waals surface area contributed by atoms with Crippen molar-refractivity contribution in [1.82, 2.24) is 4.98 Å². The van der Waals surface area contributed by atoms with Gasteiger partial charge in [-0.05, 0) is 24.3 Å². The molecule has 1 unspecified atom stereocenters. The van der Waals surface area contributed by atoms with Crippen molar-refractivity contribution < 1.29 is 0 Å². The molecule has 0 amide bonds. The Balaban J connectivity index is 2.05. The van der Waals surface area contributed by atoms with Crippen LogP contribution in [0.2, 0.25) is 4.34 Å². The van der Waals surface area contributed by atoms with Gasteiger partial charge in [0.25, 0.3) is 0 Å². The first-order valence-electron chi connectivity index (χ1n) is 5.58. The zero-order valence-corrected chi connectivity index (χ0v) is 11.9. The molecule has 0 spiro atoms. The van der Waals surface area contributed by atoms with E-state index in [4.69, 9.17) is 17.3 Å². The van der Waals surface area contributed by atoms with Crippen molar-refractivity contribution in [2.24, 2.45) is 5.73 Å². The zero-order valence-electron chi connectivity index (χ0n) is 9.47. The molecule has 3 aromatic rings. The van der Waals surface area contributed by atoms with Gasteiger partial charge in [-0.1, -0.05) is 23.7 Å². The summed E-state index contributed by atoms with van der Waals surface area (Å²) in [5.74, 6) is 0.153. The Hall–Kier alpha value is -0.940. The Bertz CT molecular complexity index is 641. The molecule has 1 aromatic carbocycles. The maximum atomic E-state index is 5.99. The highest BCUT2D eigenvalue weighted by Gasteiger charge is 2.18. The van der Waals surface area contributed by atoms with Crippen LogP contribution < -0.4 is 5.73 Å². The normalized spacial score (nSPS) is 13.0. The molecule has 0 aliphatic rings. The van der Waals surface area contributed by atoms with Crippen molar-refractivity contribution in [3.05, 3.63) is 50.6 Å². The maximum Gasteiger partial charge on any atom is 0.103 e. The highest BCUT2D eigenvalue weighted by molar-refractivity contribution is 7.19. The molecular formula is C13H11ClN2S2. The van der Waals surface area contributed by atoms with E-state index in [9.17, 15) is 0 Å². The van der Waals surface area contributed by atoms with Crippen LogP contribution in [0, 0.1) is 0 Å². The second kappa shape index (κ2) is 4.97. The number of nitrogens with zero attached hydrogens (tertiary/aromatic N) is 1. The summed E-state index contributed by atoms with van der Waals surface area (Å²) in [6.45, 7) is 0.552. The lowest BCUT2D eigenvalue weighted by Gasteiger charge is -2.08. The summed E-state index contributed by atoms with van der Waals surface area (Å²) >= 11 is 9.27. The topological polar surface area (TPSA) is 38.9 Å². The molecular weight excluding hydrogens is 284 g/mol. The summed E-state index contributed by atoms with van der Waals surface area (Å²) < 4.78 is 2.00. The fraction of sp³-hybridized carbons (Fsp3) is 0.154. The first-order valence-corrected chi connectivity index (χ1v) is 7.60. The number of thiazole rings is 1. The molecule has 18 heavy (non-hydrogen) atoms. The number of fused-ring (bicyclic) bond motifs is 1. The van der Waals surface area contributed by atoms with Crippen LogP contribution in [0.15, 0.2) is 36.4 Å². The first kappa shape index (κ1) is 12.1. The number of aromatic nitrogens is 1. The lowest BCUT2D eigenvalue weighted by atomic mass is 10.1. The maximum absolute atomic E-state index is 5.99. The van der Waals surface area contributed by atoms with Gasteiger partial charge in [-0.2, -0.15) is 0 Å². The number of benzene rings is 1. The van der Waals surface area contributed by atoms with Gasteiger partial charge in [-0.3, -0.25) is 0 Å². The van der Waals surface area contributed by atoms with Crippen LogP contribution in [0.25, 0.3) is 10.2 Å². The summed E-state index contributed by atoms with van der Waals surface area (Å²) in [5, 5.41) is 1.07. The number of para-hydroxylation sites is 1. The van der Waals surface area contributed by atoms with Gasteiger partial charge in [-0.15, -0.1) is 22.7 Å². The average molecular weight is 295 g/mol. The minimum absolute atomic E-state index is 0.153. The fourth-order valence-electron chi connectivity index (χ4n) is 1.89. The Morgan fingerprint density at radius 2 is 2.00 bits per heavy atom. The minimum atomic E-state index is 0.153. The number of hydrogen-bond acceptors (Lipinski definition) is 4. The Labute approximate surface area is 118 Å². The van der Waals surface area contributed by atoms with Gasteiger partial charge in [0.05, 0.1) is 20.5 Å². The summed E-state index contributed by atoms with van der Waals surface area (Å²) in [4.78, 5) is 5.85. The number of hydrogen-bond donors (Lipinski definition) is 1. The van der Waals surface area contributed by atoms with E-state index < -0.39 is 0 Å². The van der Waals surface area contributed by atoms with Crippen LogP contribution in [0.3, 0.4) is 0 Å². The van der Waals surface area contributed by atoms with Crippen LogP contribution in [0.1, 0.15) is 15.8 Å². The van der Waals surface area contributed by atoms with Crippen molar-refractivity contribution in [3.63, 3.8) is 0 Å². The summed E-state index contributed by atoms with van der Waals surface area (Å²) in [5.41, 5.74) is 6.94. The standard InChI is InChI=1S/C13H11ClN2S2/c14-12-6-5-10(17-12)8(7-15)13-16-9-3-1-2-4-11(9)18-13/h1-6,8H,7,15H2. The molecule has 0 saturated heterocycles. The van der Waals surface area contributed by atoms with Crippen LogP contribution >= 0.6 is 34.3 Å². The Kier molecular flexibility index (Phi) is 3.35. The van der Waals surface area contributed by atoms with E-state index in [1.54, 1.807) is 22.7 Å². The van der Waals surface area contributed by atoms with Gasteiger partial charge in [0.2, 0.25) is 0 Å². The molecule has 2 aromatic heterocycles. The molecule has 0 aliphatic heterocycles. The largest absolute Gasteiger partial charge is 0.329 e. The molecule has 1 atom stereocenters. The van der Waals surface area contributed by atoms with E-state index in [-0.39, 0.29) is 5.92 Å². The lowest BCUT2D eigenvalue weighted by Crippen LogP contribution is -2.12. The molecule has 0 aliphatic carbocycles. The van der Waals surface area contributed by atoms with Gasteiger partial charge in [-0.25, -0.2) is 4.98 Å². The highest BCUT2D eigenvalue weighted by Crippen LogP contribution is 2.35. The van der Waals surface area contributed by atoms with E-state index in [0.717, 1.165) is 14.9 Å². The number of halogens is 1. The SMILES string of the molecule is NCC(c1ccc(Cl)s1)c1nc2ccccc2s1. The molecule has 2 nitrogen and oxygen atoms in total. The first-order chi connectivity index (χ1) is 8.78. The predicted octanol–water partition coefficient (Wildman–Crippen LogP) is 4.10. The van der Waals surface area contributed by atoms with E-state index in [1.165, 1.54) is 9.58 Å². The molecule has 0 bridgehead atoms. The van der Waals surface area contributed by atoms with E-state index in [0.29, 0.717) is 6.54 Å². The molecule has 92 valence electrons. The number of nitrogens with two attached hydrogens (primary N) is 1. The molecule has 2 N–H and O–H groups in total. The molecule has 3 rings (SSSR count). The van der Waals surface area contributed by atoms with Gasteiger partial charge in [0.1, 0.15) is 5.01 Å². The molecule has 2 heterocycles. The summed E-state index contributed by atoms with van der Waals surface area (Å²) in [6, 6.07) is 12.1. The van der Waals surface area contributed by atoms with E-state index in [1.807, 2.05) is 30.3 Å². The minimum Gasteiger partial charge on any atom is -0.329 e. The van der Waals surface area contributed by atoms with Gasteiger partial charge in [0.15, 0.2) is 0 Å². The molecule has 0 saturated carbocycles. The molecule has 0 radical (unpaired) electrons. The third-order valence-electron chi connectivity index (χ3n) is 2.78. The third-order valence-corrected chi connectivity index (χ3v) is 5.28. The van der Waals surface area contributed by atoms with Gasteiger partial charge >= 0.3 is 0 Å². The van der Waals surface area contributed by atoms with E-state index in [2.05, 4.69) is 11.1 Å². The third kappa shape index (κ3) is 2.17. The monoisotopic (exact) mass is 294 g/mol. The summed E-state index contributed by atoms with van der Waals surface area (Å²) in [7, 11) is 0. The lowest BCUT2D eigenvalue weighted by molar-refractivity contribution is 0.828. The Morgan fingerprint density at radius 3 is 2.67 bits per heavy atom. The molecule has 0 fully saturated rings. The zero-order chi connectivity index (χ0) is 12.5. The average Bonchev–Trinajstić information content (AvgIpc) is 2.96. The van der Waals surface area contributed by atoms with Crippen molar-refractivity contribution in [2.45, 2.75) is 5.92 Å². The number of thiophene rings is 1. The van der Waals surface area contributed by atoms with Crippen molar-refractivity contribution >= 4 is 44.5 Å². The molecule has 5 heteroatoms. The van der Waals surface area contributed by atoms with Crippen LogP contribution in [-0.2, 0) is 0 Å². The Morgan fingerprint density at radius 1 is 1.17 bits per heavy atom. The number of rotatable bonds is 3. The van der Waals surface area contributed by atoms with Crippen molar-refractivity contribution in [3.8, 4) is 0 Å². The van der Waals surface area contributed by atoms with Crippen LogP contribution in [0.5, 0.6) is 0 Å². The van der Waals surface area contributed by atoms with Gasteiger partial charge in [0, 0.05) is 11.4 Å². The van der Waals surface area contributed by atoms with Crippen LogP contribution in [-0.4, -0.2) is 11.5 Å². The fourth-order valence-corrected chi connectivity index (χ4v) is 4.25. The predicted molar refractivity (Wildman–Crippen MR) is 79.8 cm³/mol. The summed E-state index contributed by atoms with van der Waals surface area (Å²) in [6.07, 6.45) is 0. The van der Waals surface area contributed by atoms with Crippen molar-refractivity contribution in [2.75, 3.05) is 6.54 Å². The van der Waals surface area contributed by atoms with Crippen molar-refractivity contribution in [1.29, 1.82) is 0 Å². The highest BCUT2D eigenvalue weighted by atomic mass is 35.5. The second-order valence-corrected chi connectivity index (χ2v) is 6.76. The van der Waals surface area contributed by atoms with Gasteiger partial charge < -0.3 is 5.73 Å². The second-order valence-electron chi connectivity index (χ2n) is 3.95. The van der Waals surface area contributed by atoms with E-state index >= 15 is 0 Å². The van der Waals surface area contributed by atoms with Crippen LogP contribution in [0.4, 0.5) is 0 Å².